The van der Waals surface area contributed by atoms with Crippen LogP contribution in [0, 0.1) is 11.3 Å². The van der Waals surface area contributed by atoms with E-state index >= 15 is 0 Å². The Labute approximate surface area is 201 Å². The smallest absolute Gasteiger partial charge is 0.243 e. The minimum Gasteiger partial charge on any atom is -0.419 e. The fraction of sp³-hybridized carbons (Fsp3) is 0.360. The zero-order valence-corrected chi connectivity index (χ0v) is 20.7. The molecule has 2 aromatic carbocycles. The van der Waals surface area contributed by atoms with Crippen LogP contribution in [0.1, 0.15) is 31.5 Å². The van der Waals surface area contributed by atoms with Crippen molar-refractivity contribution in [2.24, 2.45) is 0 Å². The molecule has 3 rings (SSSR count). The van der Waals surface area contributed by atoms with E-state index in [1.807, 2.05) is 30.3 Å². The van der Waals surface area contributed by atoms with E-state index in [2.05, 4.69) is 35.1 Å². The molecule has 0 amide bonds. The van der Waals surface area contributed by atoms with Gasteiger partial charge in [0.1, 0.15) is 6.07 Å². The van der Waals surface area contributed by atoms with Crippen molar-refractivity contribution in [3.8, 4) is 17.5 Å². The normalized spacial score (nSPS) is 11.6. The minimum absolute atomic E-state index is 0.177. The summed E-state index contributed by atoms with van der Waals surface area (Å²) in [5.41, 5.74) is 1.68. The maximum absolute atomic E-state index is 13.0. The zero-order chi connectivity index (χ0) is 24.6. The van der Waals surface area contributed by atoms with Crippen LogP contribution in [0.25, 0.3) is 11.5 Å². The minimum atomic E-state index is -3.66. The van der Waals surface area contributed by atoms with Crippen LogP contribution in [0.3, 0.4) is 0 Å². The van der Waals surface area contributed by atoms with Gasteiger partial charge in [-0.1, -0.05) is 44.2 Å². The Morgan fingerprint density at radius 1 is 1.06 bits per heavy atom. The molecule has 0 aliphatic carbocycles. The van der Waals surface area contributed by atoms with E-state index in [-0.39, 0.29) is 23.0 Å². The van der Waals surface area contributed by atoms with Crippen LogP contribution >= 0.6 is 0 Å². The SMILES string of the molecule is CCN(CC)CCCNc1oc(-c2ccc(S(=O)(=O)N(C)Cc3ccccc3)cc2)nc1C#N. The van der Waals surface area contributed by atoms with Crippen LogP contribution in [0.4, 0.5) is 5.88 Å². The van der Waals surface area contributed by atoms with Crippen molar-refractivity contribution in [1.82, 2.24) is 14.2 Å². The quantitative estimate of drug-likeness (QED) is 0.387. The summed E-state index contributed by atoms with van der Waals surface area (Å²) in [4.78, 5) is 6.77. The highest BCUT2D eigenvalue weighted by molar-refractivity contribution is 7.89. The van der Waals surface area contributed by atoms with Crippen molar-refractivity contribution in [2.45, 2.75) is 31.7 Å². The van der Waals surface area contributed by atoms with Crippen LogP contribution in [-0.2, 0) is 16.6 Å². The second-order valence-electron chi connectivity index (χ2n) is 7.89. The Morgan fingerprint density at radius 2 is 1.74 bits per heavy atom. The fourth-order valence-corrected chi connectivity index (χ4v) is 4.72. The van der Waals surface area contributed by atoms with E-state index < -0.39 is 10.0 Å². The van der Waals surface area contributed by atoms with Crippen LogP contribution in [0.2, 0.25) is 0 Å². The monoisotopic (exact) mass is 481 g/mol. The number of nitrogens with zero attached hydrogens (tertiary/aromatic N) is 4. The molecule has 34 heavy (non-hydrogen) atoms. The highest BCUT2D eigenvalue weighted by Crippen LogP contribution is 2.27. The van der Waals surface area contributed by atoms with Gasteiger partial charge in [-0.3, -0.25) is 0 Å². The third-order valence-electron chi connectivity index (χ3n) is 5.62. The van der Waals surface area contributed by atoms with Gasteiger partial charge in [-0.05, 0) is 55.9 Å². The predicted octanol–water partition coefficient (Wildman–Crippen LogP) is 4.18. The van der Waals surface area contributed by atoms with Crippen LogP contribution in [0.15, 0.2) is 63.9 Å². The molecule has 0 atom stereocenters. The first kappa shape index (κ1) is 25.4. The van der Waals surface area contributed by atoms with Crippen molar-refractivity contribution in [2.75, 3.05) is 38.5 Å². The lowest BCUT2D eigenvalue weighted by Crippen LogP contribution is -2.26. The number of sulfonamides is 1. The molecule has 180 valence electrons. The first-order valence-corrected chi connectivity index (χ1v) is 12.8. The maximum Gasteiger partial charge on any atom is 0.243 e. The molecule has 3 aromatic rings. The number of nitriles is 1. The molecule has 0 aliphatic rings. The van der Waals surface area contributed by atoms with Crippen molar-refractivity contribution < 1.29 is 12.8 Å². The number of oxazole rings is 1. The third kappa shape index (κ3) is 6.23. The molecular weight excluding hydrogens is 450 g/mol. The topological polar surface area (TPSA) is 102 Å². The lowest BCUT2D eigenvalue weighted by atomic mass is 10.2. The van der Waals surface area contributed by atoms with Gasteiger partial charge in [-0.2, -0.15) is 14.6 Å². The highest BCUT2D eigenvalue weighted by Gasteiger charge is 2.22. The van der Waals surface area contributed by atoms with Gasteiger partial charge in [0.05, 0.1) is 4.90 Å². The molecule has 0 bridgehead atoms. The summed E-state index contributed by atoms with van der Waals surface area (Å²) in [6.07, 6.45) is 0.908. The number of aromatic nitrogens is 1. The van der Waals surface area contributed by atoms with E-state index in [1.54, 1.807) is 19.2 Å². The predicted molar refractivity (Wildman–Crippen MR) is 133 cm³/mol. The van der Waals surface area contributed by atoms with E-state index in [0.29, 0.717) is 18.0 Å². The van der Waals surface area contributed by atoms with Gasteiger partial charge in [0.15, 0.2) is 0 Å². The van der Waals surface area contributed by atoms with Crippen molar-refractivity contribution in [1.29, 1.82) is 5.26 Å². The lowest BCUT2D eigenvalue weighted by Gasteiger charge is -2.17. The Kier molecular flexibility index (Phi) is 8.82. The zero-order valence-electron chi connectivity index (χ0n) is 19.9. The summed E-state index contributed by atoms with van der Waals surface area (Å²) in [7, 11) is -2.10. The first-order chi connectivity index (χ1) is 16.4. The summed E-state index contributed by atoms with van der Waals surface area (Å²) in [5, 5.41) is 12.6. The van der Waals surface area contributed by atoms with Gasteiger partial charge in [0, 0.05) is 25.7 Å². The van der Waals surface area contributed by atoms with Gasteiger partial charge in [-0.25, -0.2) is 8.42 Å². The third-order valence-corrected chi connectivity index (χ3v) is 7.44. The molecule has 0 saturated carbocycles. The van der Waals surface area contributed by atoms with E-state index in [9.17, 15) is 13.7 Å². The molecule has 9 heteroatoms. The Balaban J connectivity index is 1.68. The molecule has 8 nitrogen and oxygen atoms in total. The van der Waals surface area contributed by atoms with Crippen molar-refractivity contribution in [3.05, 3.63) is 65.9 Å². The number of benzene rings is 2. The summed E-state index contributed by atoms with van der Waals surface area (Å²) in [6.45, 7) is 8.15. The van der Waals surface area contributed by atoms with E-state index in [0.717, 1.165) is 31.6 Å². The Bertz CT molecular complexity index is 1200. The highest BCUT2D eigenvalue weighted by atomic mass is 32.2. The maximum atomic E-state index is 13.0. The van der Waals surface area contributed by atoms with Crippen molar-refractivity contribution >= 4 is 15.9 Å². The Morgan fingerprint density at radius 3 is 2.35 bits per heavy atom. The van der Waals surface area contributed by atoms with Crippen molar-refractivity contribution in [3.63, 3.8) is 0 Å². The molecule has 1 N–H and O–H groups in total. The fourth-order valence-electron chi connectivity index (χ4n) is 3.56. The van der Waals surface area contributed by atoms with E-state index in [4.69, 9.17) is 4.42 Å². The molecule has 0 fully saturated rings. The lowest BCUT2D eigenvalue weighted by molar-refractivity contribution is 0.302. The standard InChI is InChI=1S/C25H31N5O3S/c1-4-30(5-2)17-9-16-27-25-23(18-26)28-24(33-25)21-12-14-22(15-13-21)34(31,32)29(3)19-20-10-7-6-8-11-20/h6-8,10-15,27H,4-5,9,16-17,19H2,1-3H3. The largest absolute Gasteiger partial charge is 0.419 e. The second kappa shape index (κ2) is 11.8. The number of hydrogen-bond acceptors (Lipinski definition) is 7. The summed E-state index contributed by atoms with van der Waals surface area (Å²) in [5.74, 6) is 0.598. The number of nitrogens with one attached hydrogen (secondary N) is 1. The van der Waals surface area contributed by atoms with Gasteiger partial charge >= 0.3 is 0 Å². The van der Waals surface area contributed by atoms with Crippen LogP contribution in [-0.4, -0.2) is 55.8 Å². The summed E-state index contributed by atoms with van der Waals surface area (Å²) >= 11 is 0. The van der Waals surface area contributed by atoms with Crippen LogP contribution < -0.4 is 5.32 Å². The van der Waals surface area contributed by atoms with Gasteiger partial charge in [0.2, 0.25) is 27.5 Å². The number of hydrogen-bond donors (Lipinski definition) is 1. The molecule has 0 aliphatic heterocycles. The Hall–Kier alpha value is -3.19. The molecule has 0 saturated heterocycles. The summed E-state index contributed by atoms with van der Waals surface area (Å²) in [6, 6.07) is 17.8. The van der Waals surface area contributed by atoms with Crippen LogP contribution in [0.5, 0.6) is 0 Å². The number of rotatable bonds is 12. The first-order valence-electron chi connectivity index (χ1n) is 11.4. The average Bonchev–Trinajstić information content (AvgIpc) is 3.28. The molecule has 0 unspecified atom stereocenters. The molecule has 1 heterocycles. The molecule has 0 spiro atoms. The summed E-state index contributed by atoms with van der Waals surface area (Å²) < 4.78 is 33.0. The average molecular weight is 482 g/mol. The molecule has 0 radical (unpaired) electrons. The van der Waals surface area contributed by atoms with Gasteiger partial charge in [0.25, 0.3) is 0 Å². The second-order valence-corrected chi connectivity index (χ2v) is 9.93. The molecule has 1 aromatic heterocycles. The van der Waals surface area contributed by atoms with E-state index in [1.165, 1.54) is 16.4 Å². The van der Waals surface area contributed by atoms with Gasteiger partial charge < -0.3 is 14.6 Å². The number of anilines is 1. The molecular formula is C25H31N5O3S. The van der Waals surface area contributed by atoms with Gasteiger partial charge in [-0.15, -0.1) is 0 Å².